The zero-order chi connectivity index (χ0) is 13.2. The van der Waals surface area contributed by atoms with Gasteiger partial charge in [0.2, 0.25) is 0 Å². The minimum Gasteiger partial charge on any atom is -0.382 e. The topological polar surface area (TPSA) is 44.5 Å². The van der Waals surface area contributed by atoms with Crippen LogP contribution in [0.5, 0.6) is 0 Å². The van der Waals surface area contributed by atoms with Gasteiger partial charge in [-0.05, 0) is 37.0 Å². The molecular weight excluding hydrogens is 233 g/mol. The summed E-state index contributed by atoms with van der Waals surface area (Å²) in [6, 6.07) is 6.60. The lowest BCUT2D eigenvalue weighted by Crippen LogP contribution is -2.23. The van der Waals surface area contributed by atoms with E-state index >= 15 is 0 Å². The number of benzene rings is 1. The summed E-state index contributed by atoms with van der Waals surface area (Å²) in [5, 5.41) is 0. The summed E-state index contributed by atoms with van der Waals surface area (Å²) in [6.45, 7) is 1.96. The highest BCUT2D eigenvalue weighted by atomic mass is 19.1. The van der Waals surface area contributed by atoms with E-state index in [2.05, 4.69) is 0 Å². The summed E-state index contributed by atoms with van der Waals surface area (Å²) in [5.74, 6) is -0.209. The van der Waals surface area contributed by atoms with Crippen molar-refractivity contribution in [1.82, 2.24) is 0 Å². The van der Waals surface area contributed by atoms with Gasteiger partial charge < -0.3 is 15.2 Å². The fraction of sp³-hybridized carbons (Fsp3) is 0.571. The molecular formula is C14H22FNO2. The monoisotopic (exact) mass is 255 g/mol. The molecule has 18 heavy (non-hydrogen) atoms. The van der Waals surface area contributed by atoms with Crippen molar-refractivity contribution in [2.75, 3.05) is 26.9 Å². The standard InChI is InChI=1S/C14H22FNO2/c1-17-9-10-18-8-2-3-14(16)11-12-4-6-13(15)7-5-12/h4-7,14H,2-3,8-11,16H2,1H3. The van der Waals surface area contributed by atoms with Crippen LogP contribution in [0.4, 0.5) is 4.39 Å². The van der Waals surface area contributed by atoms with Crippen molar-refractivity contribution >= 4 is 0 Å². The Morgan fingerprint density at radius 3 is 2.56 bits per heavy atom. The van der Waals surface area contributed by atoms with Crippen LogP contribution in [-0.2, 0) is 15.9 Å². The zero-order valence-electron chi connectivity index (χ0n) is 10.9. The number of ether oxygens (including phenoxy) is 2. The smallest absolute Gasteiger partial charge is 0.123 e. The molecule has 3 nitrogen and oxygen atoms in total. The number of nitrogens with two attached hydrogens (primary N) is 1. The van der Waals surface area contributed by atoms with Crippen molar-refractivity contribution in [3.63, 3.8) is 0 Å². The number of methoxy groups -OCH3 is 1. The van der Waals surface area contributed by atoms with E-state index in [0.717, 1.165) is 24.8 Å². The van der Waals surface area contributed by atoms with Gasteiger partial charge in [-0.25, -0.2) is 4.39 Å². The maximum atomic E-state index is 12.7. The lowest BCUT2D eigenvalue weighted by atomic mass is 10.0. The number of halogens is 1. The fourth-order valence-corrected chi connectivity index (χ4v) is 1.72. The lowest BCUT2D eigenvalue weighted by Gasteiger charge is -2.11. The Morgan fingerprint density at radius 2 is 1.89 bits per heavy atom. The van der Waals surface area contributed by atoms with Gasteiger partial charge in [0.25, 0.3) is 0 Å². The molecule has 0 aliphatic heterocycles. The summed E-state index contributed by atoms with van der Waals surface area (Å²) in [7, 11) is 1.65. The highest BCUT2D eigenvalue weighted by Gasteiger charge is 2.04. The van der Waals surface area contributed by atoms with Crippen molar-refractivity contribution in [3.8, 4) is 0 Å². The SMILES string of the molecule is COCCOCCCC(N)Cc1ccc(F)cc1. The van der Waals surface area contributed by atoms with Crippen LogP contribution in [0.2, 0.25) is 0 Å². The second kappa shape index (κ2) is 9.03. The van der Waals surface area contributed by atoms with E-state index in [-0.39, 0.29) is 11.9 Å². The van der Waals surface area contributed by atoms with Gasteiger partial charge in [-0.3, -0.25) is 0 Å². The third kappa shape index (κ3) is 6.69. The van der Waals surface area contributed by atoms with E-state index in [1.807, 2.05) is 0 Å². The first kappa shape index (κ1) is 15.1. The summed E-state index contributed by atoms with van der Waals surface area (Å²) in [5.41, 5.74) is 7.08. The Morgan fingerprint density at radius 1 is 1.17 bits per heavy atom. The number of hydrogen-bond donors (Lipinski definition) is 1. The molecule has 102 valence electrons. The van der Waals surface area contributed by atoms with Crippen LogP contribution in [0, 0.1) is 5.82 Å². The predicted octanol–water partition coefficient (Wildman–Crippen LogP) is 2.14. The van der Waals surface area contributed by atoms with Gasteiger partial charge in [-0.1, -0.05) is 12.1 Å². The summed E-state index contributed by atoms with van der Waals surface area (Å²) in [4.78, 5) is 0. The lowest BCUT2D eigenvalue weighted by molar-refractivity contribution is 0.0682. The normalized spacial score (nSPS) is 12.6. The van der Waals surface area contributed by atoms with Gasteiger partial charge in [0, 0.05) is 19.8 Å². The quantitative estimate of drug-likeness (QED) is 0.688. The molecule has 0 heterocycles. The summed E-state index contributed by atoms with van der Waals surface area (Å²) in [6.07, 6.45) is 2.62. The van der Waals surface area contributed by atoms with Gasteiger partial charge in [0.1, 0.15) is 5.82 Å². The minimum atomic E-state index is -0.209. The maximum absolute atomic E-state index is 12.7. The molecule has 0 saturated carbocycles. The average molecular weight is 255 g/mol. The molecule has 0 bridgehead atoms. The number of rotatable bonds is 9. The Balaban J connectivity index is 2.10. The van der Waals surface area contributed by atoms with E-state index in [1.165, 1.54) is 12.1 Å². The Hall–Kier alpha value is -0.970. The molecule has 1 rings (SSSR count). The van der Waals surface area contributed by atoms with E-state index in [4.69, 9.17) is 15.2 Å². The van der Waals surface area contributed by atoms with Crippen LogP contribution in [0.25, 0.3) is 0 Å². The molecule has 0 radical (unpaired) electrons. The van der Waals surface area contributed by atoms with Crippen molar-refractivity contribution in [1.29, 1.82) is 0 Å². The second-order valence-corrected chi connectivity index (χ2v) is 4.34. The molecule has 4 heteroatoms. The summed E-state index contributed by atoms with van der Waals surface area (Å²) < 4.78 is 23.0. The average Bonchev–Trinajstić information content (AvgIpc) is 2.36. The third-order valence-corrected chi connectivity index (χ3v) is 2.71. The van der Waals surface area contributed by atoms with Gasteiger partial charge in [-0.2, -0.15) is 0 Å². The molecule has 0 aliphatic rings. The Kier molecular flexibility index (Phi) is 7.57. The molecule has 2 N–H and O–H groups in total. The van der Waals surface area contributed by atoms with Gasteiger partial charge >= 0.3 is 0 Å². The molecule has 0 amide bonds. The zero-order valence-corrected chi connectivity index (χ0v) is 10.9. The van der Waals surface area contributed by atoms with Crippen LogP contribution in [0.15, 0.2) is 24.3 Å². The largest absolute Gasteiger partial charge is 0.382 e. The molecule has 1 atom stereocenters. The van der Waals surface area contributed by atoms with Crippen molar-refractivity contribution in [3.05, 3.63) is 35.6 Å². The molecule has 0 aromatic heterocycles. The predicted molar refractivity (Wildman–Crippen MR) is 70.0 cm³/mol. The molecule has 0 saturated heterocycles. The van der Waals surface area contributed by atoms with Crippen molar-refractivity contribution < 1.29 is 13.9 Å². The highest BCUT2D eigenvalue weighted by molar-refractivity contribution is 5.16. The molecule has 0 aliphatic carbocycles. The Labute approximate surface area is 108 Å². The van der Waals surface area contributed by atoms with Gasteiger partial charge in [0.05, 0.1) is 13.2 Å². The van der Waals surface area contributed by atoms with E-state index in [9.17, 15) is 4.39 Å². The van der Waals surface area contributed by atoms with Gasteiger partial charge in [-0.15, -0.1) is 0 Å². The van der Waals surface area contributed by atoms with E-state index in [0.29, 0.717) is 19.8 Å². The first-order chi connectivity index (χ1) is 8.72. The van der Waals surface area contributed by atoms with Crippen LogP contribution in [-0.4, -0.2) is 33.0 Å². The third-order valence-electron chi connectivity index (χ3n) is 2.71. The minimum absolute atomic E-state index is 0.0986. The second-order valence-electron chi connectivity index (χ2n) is 4.34. The van der Waals surface area contributed by atoms with Crippen LogP contribution >= 0.6 is 0 Å². The van der Waals surface area contributed by atoms with Crippen molar-refractivity contribution in [2.24, 2.45) is 5.73 Å². The molecule has 0 spiro atoms. The van der Waals surface area contributed by atoms with Crippen LogP contribution < -0.4 is 5.73 Å². The first-order valence-electron chi connectivity index (χ1n) is 6.29. The molecule has 1 unspecified atom stereocenters. The van der Waals surface area contributed by atoms with E-state index < -0.39 is 0 Å². The molecule has 1 aromatic rings. The Bertz CT molecular complexity index is 316. The molecule has 0 fully saturated rings. The maximum Gasteiger partial charge on any atom is 0.123 e. The first-order valence-corrected chi connectivity index (χ1v) is 6.29. The fourth-order valence-electron chi connectivity index (χ4n) is 1.72. The summed E-state index contributed by atoms with van der Waals surface area (Å²) >= 11 is 0. The highest BCUT2D eigenvalue weighted by Crippen LogP contribution is 2.07. The number of hydrogen-bond acceptors (Lipinski definition) is 3. The van der Waals surface area contributed by atoms with Gasteiger partial charge in [0.15, 0.2) is 0 Å². The van der Waals surface area contributed by atoms with Crippen LogP contribution in [0.3, 0.4) is 0 Å². The van der Waals surface area contributed by atoms with Crippen LogP contribution in [0.1, 0.15) is 18.4 Å². The van der Waals surface area contributed by atoms with Crippen molar-refractivity contribution in [2.45, 2.75) is 25.3 Å². The van der Waals surface area contributed by atoms with E-state index in [1.54, 1.807) is 19.2 Å². The molecule has 1 aromatic carbocycles.